The molecule has 1 aliphatic heterocycles. The average Bonchev–Trinajstić information content (AvgIpc) is 3.67. The van der Waals surface area contributed by atoms with E-state index in [1.54, 1.807) is 15.6 Å². The van der Waals surface area contributed by atoms with Gasteiger partial charge in [-0.2, -0.15) is 4.68 Å². The van der Waals surface area contributed by atoms with Gasteiger partial charge in [0.15, 0.2) is 0 Å². The summed E-state index contributed by atoms with van der Waals surface area (Å²) < 4.78 is 18.8. The lowest BCUT2D eigenvalue weighted by atomic mass is 9.87. The molecule has 4 aromatic rings. The Morgan fingerprint density at radius 1 is 0.977 bits per heavy atom. The molecular formula is C34H38FN5O4. The number of nitrogens with zero attached hydrogens (tertiary/aromatic N) is 4. The second kappa shape index (κ2) is 11.8. The lowest BCUT2D eigenvalue weighted by molar-refractivity contribution is 0.170. The Morgan fingerprint density at radius 2 is 1.59 bits per heavy atom. The average molecular weight is 600 g/mol. The van der Waals surface area contributed by atoms with Crippen molar-refractivity contribution in [1.29, 1.82) is 0 Å². The van der Waals surface area contributed by atoms with Crippen LogP contribution < -0.4 is 26.5 Å². The van der Waals surface area contributed by atoms with Gasteiger partial charge in [-0.3, -0.25) is 14.4 Å². The Labute approximate surface area is 255 Å². The van der Waals surface area contributed by atoms with Gasteiger partial charge >= 0.3 is 11.8 Å². The fraction of sp³-hybridized carbons (Fsp3) is 0.382. The molecule has 1 saturated carbocycles. The minimum atomic E-state index is -1.10. The van der Waals surface area contributed by atoms with Gasteiger partial charge in [0.1, 0.15) is 5.82 Å². The predicted octanol–water partition coefficient (Wildman–Crippen LogP) is 4.92. The van der Waals surface area contributed by atoms with E-state index in [9.17, 15) is 19.5 Å². The van der Waals surface area contributed by atoms with Gasteiger partial charge in [-0.1, -0.05) is 60.7 Å². The molecule has 1 amide bonds. The minimum absolute atomic E-state index is 0.0418. The first-order valence-corrected chi connectivity index (χ1v) is 15.2. The number of anilines is 1. The summed E-state index contributed by atoms with van der Waals surface area (Å²) in [5.41, 5.74) is 0.924. The van der Waals surface area contributed by atoms with Crippen molar-refractivity contribution in [2.45, 2.75) is 58.3 Å². The second-order valence-electron chi connectivity index (χ2n) is 12.7. The number of halogens is 1. The van der Waals surface area contributed by atoms with Crippen molar-refractivity contribution in [3.63, 3.8) is 0 Å². The van der Waals surface area contributed by atoms with Gasteiger partial charge in [-0.15, -0.1) is 0 Å². The summed E-state index contributed by atoms with van der Waals surface area (Å²) in [5, 5.41) is 13.8. The molecule has 2 aliphatic rings. The van der Waals surface area contributed by atoms with Crippen LogP contribution in [0.5, 0.6) is 0 Å². The third-order valence-corrected chi connectivity index (χ3v) is 9.01. The maximum Gasteiger partial charge on any atom is 0.405 e. The third kappa shape index (κ3) is 6.06. The lowest BCUT2D eigenvalue weighted by Gasteiger charge is -2.32. The molecule has 2 fully saturated rings. The van der Waals surface area contributed by atoms with Crippen molar-refractivity contribution in [2.75, 3.05) is 23.0 Å². The lowest BCUT2D eigenvalue weighted by Crippen LogP contribution is -2.52. The summed E-state index contributed by atoms with van der Waals surface area (Å²) in [4.78, 5) is 41.7. The van der Waals surface area contributed by atoms with Gasteiger partial charge in [0.25, 0.3) is 5.56 Å². The van der Waals surface area contributed by atoms with Gasteiger partial charge in [0.2, 0.25) is 0 Å². The van der Waals surface area contributed by atoms with E-state index in [-0.39, 0.29) is 11.3 Å². The molecule has 1 aromatic heterocycles. The van der Waals surface area contributed by atoms with Crippen LogP contribution in [-0.2, 0) is 19.6 Å². The van der Waals surface area contributed by atoms with Gasteiger partial charge in [-0.05, 0) is 62.3 Å². The van der Waals surface area contributed by atoms with Crippen LogP contribution in [0, 0.1) is 17.7 Å². The highest BCUT2D eigenvalue weighted by Gasteiger charge is 2.37. The van der Waals surface area contributed by atoms with Crippen LogP contribution >= 0.6 is 0 Å². The van der Waals surface area contributed by atoms with Gasteiger partial charge in [-0.25, -0.2) is 14.0 Å². The summed E-state index contributed by atoms with van der Waals surface area (Å²) in [6, 6.07) is 22.2. The first kappa shape index (κ1) is 29.5. The van der Waals surface area contributed by atoms with E-state index in [0.717, 1.165) is 24.0 Å². The van der Waals surface area contributed by atoms with Crippen LogP contribution in [0.3, 0.4) is 0 Å². The van der Waals surface area contributed by atoms with E-state index in [4.69, 9.17) is 0 Å². The molecular weight excluding hydrogens is 561 g/mol. The number of rotatable bonds is 10. The Kier molecular flexibility index (Phi) is 7.92. The zero-order chi connectivity index (χ0) is 31.0. The molecule has 2 heterocycles. The number of aromatic nitrogens is 2. The Balaban J connectivity index is 1.45. The number of hydrogen-bond donors (Lipinski definition) is 2. The molecule has 0 spiro atoms. The van der Waals surface area contributed by atoms with Crippen LogP contribution in [0.25, 0.3) is 10.9 Å². The van der Waals surface area contributed by atoms with Gasteiger partial charge in [0, 0.05) is 31.1 Å². The highest BCUT2D eigenvalue weighted by atomic mass is 19.1. The van der Waals surface area contributed by atoms with E-state index in [2.05, 4.69) is 5.32 Å². The van der Waals surface area contributed by atoms with Gasteiger partial charge in [0.05, 0.1) is 29.7 Å². The van der Waals surface area contributed by atoms with Crippen LogP contribution in [0.15, 0.2) is 82.4 Å². The number of benzene rings is 3. The topological polar surface area (TPSA) is 99.8 Å². The van der Waals surface area contributed by atoms with Crippen LogP contribution in [-0.4, -0.2) is 39.1 Å². The van der Waals surface area contributed by atoms with E-state index >= 15 is 4.39 Å². The summed E-state index contributed by atoms with van der Waals surface area (Å²) in [7, 11) is 0. The molecule has 1 saturated heterocycles. The molecule has 1 atom stereocenters. The summed E-state index contributed by atoms with van der Waals surface area (Å²) in [6.07, 6.45) is 1.57. The molecule has 3 aromatic carbocycles. The highest BCUT2D eigenvalue weighted by Crippen LogP contribution is 2.35. The number of carbonyl (C=O) groups is 1. The molecule has 1 unspecified atom stereocenters. The smallest absolute Gasteiger partial charge is 0.405 e. The SMILES string of the molecule is CC(C)(NC(=O)O)C1CCN(c2cc3c(cc2F)c(=O)n(N(Cc2ccccc2)Cc2ccccc2)c(=O)n3CC2CC2)C1. The predicted molar refractivity (Wildman–Crippen MR) is 169 cm³/mol. The molecule has 0 bridgehead atoms. The number of amides is 1. The maximum absolute atomic E-state index is 15.9. The van der Waals surface area contributed by atoms with Crippen LogP contribution in [0.4, 0.5) is 14.9 Å². The van der Waals surface area contributed by atoms with Crippen LogP contribution in [0.2, 0.25) is 0 Å². The fourth-order valence-corrected chi connectivity index (χ4v) is 6.32. The third-order valence-electron chi connectivity index (χ3n) is 9.01. The number of nitrogens with one attached hydrogen (secondary N) is 1. The van der Waals surface area contributed by atoms with E-state index in [0.29, 0.717) is 56.3 Å². The van der Waals surface area contributed by atoms with Crippen molar-refractivity contribution < 1.29 is 14.3 Å². The Morgan fingerprint density at radius 3 is 2.16 bits per heavy atom. The maximum atomic E-state index is 15.9. The number of hydrogen-bond acceptors (Lipinski definition) is 5. The molecule has 230 valence electrons. The number of fused-ring (bicyclic) bond motifs is 1. The standard InChI is InChI=1S/C34H38FN5O4/c1-34(2,36-32(42)43)26-15-16-37(22-26)30-18-29-27(17-28(30)35)31(41)40(33(44)39(29)21-25-13-14-25)38(19-23-9-5-3-6-10-23)20-24-11-7-4-8-12-24/h3-12,17-18,25-26,36H,13-16,19-22H2,1-2H3,(H,42,43). The second-order valence-corrected chi connectivity index (χ2v) is 12.7. The fourth-order valence-electron chi connectivity index (χ4n) is 6.32. The van der Waals surface area contributed by atoms with E-state index in [1.807, 2.05) is 79.4 Å². The molecule has 0 radical (unpaired) electrons. The Hall–Kier alpha value is -4.60. The molecule has 10 heteroatoms. The zero-order valence-electron chi connectivity index (χ0n) is 25.1. The first-order valence-electron chi connectivity index (χ1n) is 15.2. The van der Waals surface area contributed by atoms with Crippen LogP contribution in [0.1, 0.15) is 44.2 Å². The largest absolute Gasteiger partial charge is 0.465 e. The normalized spacial score (nSPS) is 16.8. The molecule has 1 aliphatic carbocycles. The number of carboxylic acid groups (broad SMARTS) is 1. The molecule has 44 heavy (non-hydrogen) atoms. The Bertz CT molecular complexity index is 1740. The summed E-state index contributed by atoms with van der Waals surface area (Å²) in [6.45, 7) is 5.72. The summed E-state index contributed by atoms with van der Waals surface area (Å²) >= 11 is 0. The minimum Gasteiger partial charge on any atom is -0.465 e. The first-order chi connectivity index (χ1) is 21.1. The van der Waals surface area contributed by atoms with Crippen molar-refractivity contribution >= 4 is 22.7 Å². The van der Waals surface area contributed by atoms with Crippen molar-refractivity contribution in [3.05, 3.63) is 111 Å². The van der Waals surface area contributed by atoms with Crippen molar-refractivity contribution in [3.8, 4) is 0 Å². The monoisotopic (exact) mass is 599 g/mol. The zero-order valence-corrected chi connectivity index (χ0v) is 25.1. The van der Waals surface area contributed by atoms with E-state index in [1.165, 1.54) is 10.7 Å². The molecule has 6 rings (SSSR count). The van der Waals surface area contributed by atoms with Gasteiger partial charge < -0.3 is 15.3 Å². The van der Waals surface area contributed by atoms with Crippen molar-refractivity contribution in [1.82, 2.24) is 14.6 Å². The molecule has 9 nitrogen and oxygen atoms in total. The molecule has 2 N–H and O–H groups in total. The van der Waals surface area contributed by atoms with Crippen molar-refractivity contribution in [2.24, 2.45) is 11.8 Å². The van der Waals surface area contributed by atoms with E-state index < -0.39 is 28.7 Å². The highest BCUT2D eigenvalue weighted by molar-refractivity contribution is 5.82. The quantitative estimate of drug-likeness (QED) is 0.269. The summed E-state index contributed by atoms with van der Waals surface area (Å²) in [5.74, 6) is -0.258.